The van der Waals surface area contributed by atoms with Gasteiger partial charge in [-0.25, -0.2) is 23.7 Å². The average molecular weight is 1250 g/mol. The SMILES string of the molecule is CN[C@@H](C)C(=O)N[C@H](C(=O)N1CCC[C@H]1c1nc(C(=O)c2cccc(OCCNC(=O)CO[C@@H]3C[C@@H]4CN(CCCNc5cc(N6CCC7(CC6)CN(c6cc(F)c(CN8CCC(C)(C)CC8)cc6F)CC(=O)N7)ncn5)C[C@@H]4C3)c2)cs1)C1CCCCC1. The third kappa shape index (κ3) is 16.0. The van der Waals surface area contributed by atoms with Crippen LogP contribution in [0.3, 0.4) is 0 Å². The molecule has 2 aliphatic carbocycles. The number of likely N-dealkylation sites (tertiary alicyclic amines) is 3. The number of halogens is 2. The summed E-state index contributed by atoms with van der Waals surface area (Å²) in [4.78, 5) is 91.4. The lowest BCUT2D eigenvalue weighted by molar-refractivity contribution is -0.139. The third-order valence-electron chi connectivity index (χ3n) is 20.1. The summed E-state index contributed by atoms with van der Waals surface area (Å²) in [7, 11) is 1.73. The molecular weight excluding hydrogens is 1160 g/mol. The number of piperidine rings is 2. The van der Waals surface area contributed by atoms with Gasteiger partial charge in [-0.15, -0.1) is 11.3 Å². The molecule has 4 aromatic rings. The number of likely N-dealkylation sites (N-methyl/N-ethyl adjacent to an activating group) is 1. The molecular formula is C66H91F2N13O7S. The van der Waals surface area contributed by atoms with Gasteiger partial charge in [-0.05, 0) is 146 Å². The van der Waals surface area contributed by atoms with Crippen LogP contribution in [-0.2, 0) is 30.5 Å². The molecule has 6 atom stereocenters. The van der Waals surface area contributed by atoms with Gasteiger partial charge in [0.2, 0.25) is 29.4 Å². The van der Waals surface area contributed by atoms with Crippen molar-refractivity contribution in [2.24, 2.45) is 23.2 Å². The second-order valence-corrected chi connectivity index (χ2v) is 27.8. The zero-order chi connectivity index (χ0) is 62.2. The monoisotopic (exact) mass is 1250 g/mol. The minimum atomic E-state index is -0.597. The van der Waals surface area contributed by atoms with Crippen LogP contribution in [0, 0.1) is 34.8 Å². The van der Waals surface area contributed by atoms with Crippen molar-refractivity contribution >= 4 is 58.1 Å². The maximum absolute atomic E-state index is 15.8. The van der Waals surface area contributed by atoms with Crippen LogP contribution in [0.5, 0.6) is 5.75 Å². The first kappa shape index (κ1) is 64.1. The number of ether oxygens (including phenoxy) is 2. The molecule has 482 valence electrons. The van der Waals surface area contributed by atoms with Crippen molar-refractivity contribution in [1.29, 1.82) is 0 Å². The van der Waals surface area contributed by atoms with Gasteiger partial charge in [-0.2, -0.15) is 0 Å². The molecule has 2 aromatic carbocycles. The van der Waals surface area contributed by atoms with E-state index in [0.29, 0.717) is 85.0 Å². The second kappa shape index (κ2) is 28.8. The highest BCUT2D eigenvalue weighted by Gasteiger charge is 2.44. The van der Waals surface area contributed by atoms with Crippen LogP contribution >= 0.6 is 11.3 Å². The van der Waals surface area contributed by atoms with E-state index in [-0.39, 0.29) is 84.9 Å². The Morgan fingerprint density at radius 3 is 2.40 bits per heavy atom. The molecule has 0 unspecified atom stereocenters. The number of aromatic nitrogens is 3. The number of piperazine rings is 1. The molecule has 23 heteroatoms. The third-order valence-corrected chi connectivity index (χ3v) is 21.0. The Labute approximate surface area is 526 Å². The van der Waals surface area contributed by atoms with E-state index in [9.17, 15) is 24.0 Å². The number of thiazole rings is 1. The summed E-state index contributed by atoms with van der Waals surface area (Å²) in [6.07, 6.45) is 14.3. The van der Waals surface area contributed by atoms with E-state index in [1.54, 1.807) is 54.8 Å². The molecule has 0 radical (unpaired) electrons. The highest BCUT2D eigenvalue weighted by atomic mass is 32.1. The van der Waals surface area contributed by atoms with Crippen molar-refractivity contribution < 1.29 is 42.2 Å². The van der Waals surface area contributed by atoms with Gasteiger partial charge in [0.15, 0.2) is 0 Å². The number of nitrogens with one attached hydrogen (secondary N) is 5. The van der Waals surface area contributed by atoms with Crippen molar-refractivity contribution in [2.45, 2.75) is 147 Å². The maximum atomic E-state index is 15.8. The lowest BCUT2D eigenvalue weighted by atomic mass is 9.82. The summed E-state index contributed by atoms with van der Waals surface area (Å²) in [5, 5.41) is 18.1. The number of anilines is 3. The zero-order valence-electron chi connectivity index (χ0n) is 52.3. The van der Waals surface area contributed by atoms with Gasteiger partial charge in [0, 0.05) is 81.0 Å². The number of hydrogen-bond donors (Lipinski definition) is 5. The number of rotatable bonds is 24. The predicted molar refractivity (Wildman–Crippen MR) is 338 cm³/mol. The first-order valence-electron chi connectivity index (χ1n) is 32.7. The molecule has 4 amide bonds. The number of benzene rings is 2. The number of carbonyl (C=O) groups is 5. The number of ketones is 1. The van der Waals surface area contributed by atoms with E-state index in [1.165, 1.54) is 23.5 Å². The second-order valence-electron chi connectivity index (χ2n) is 26.9. The average Bonchev–Trinajstić information content (AvgIpc) is 1.55. The smallest absolute Gasteiger partial charge is 0.246 e. The largest absolute Gasteiger partial charge is 0.492 e. The number of hydrogen-bond acceptors (Lipinski definition) is 17. The quantitative estimate of drug-likeness (QED) is 0.0349. The summed E-state index contributed by atoms with van der Waals surface area (Å²) in [6, 6.07) is 10.2. The van der Waals surface area contributed by atoms with E-state index < -0.39 is 29.3 Å². The molecule has 7 heterocycles. The molecule has 5 aliphatic heterocycles. The van der Waals surface area contributed by atoms with Crippen molar-refractivity contribution in [3.8, 4) is 5.75 Å². The summed E-state index contributed by atoms with van der Waals surface area (Å²) >= 11 is 1.38. The Morgan fingerprint density at radius 2 is 1.64 bits per heavy atom. The summed E-state index contributed by atoms with van der Waals surface area (Å²) in [5.74, 6) is 1.37. The molecule has 5 saturated heterocycles. The van der Waals surface area contributed by atoms with Crippen molar-refractivity contribution in [1.82, 2.24) is 50.9 Å². The minimum absolute atomic E-state index is 0.0148. The molecule has 11 rings (SSSR count). The lowest BCUT2D eigenvalue weighted by Crippen LogP contribution is -2.66. The van der Waals surface area contributed by atoms with Crippen LogP contribution in [0.25, 0.3) is 0 Å². The summed E-state index contributed by atoms with van der Waals surface area (Å²) in [5.41, 5.74) is 0.915. The fourth-order valence-corrected chi connectivity index (χ4v) is 15.6. The van der Waals surface area contributed by atoms with Crippen molar-refractivity contribution in [3.05, 3.63) is 87.6 Å². The molecule has 7 fully saturated rings. The molecule has 5 N–H and O–H groups in total. The fourth-order valence-electron chi connectivity index (χ4n) is 14.6. The van der Waals surface area contributed by atoms with Gasteiger partial charge in [0.05, 0.1) is 42.5 Å². The molecule has 89 heavy (non-hydrogen) atoms. The first-order valence-corrected chi connectivity index (χ1v) is 33.5. The highest BCUT2D eigenvalue weighted by Crippen LogP contribution is 2.41. The maximum Gasteiger partial charge on any atom is 0.246 e. The Morgan fingerprint density at radius 1 is 0.865 bits per heavy atom. The zero-order valence-corrected chi connectivity index (χ0v) is 53.2. The standard InChI is InChI=1S/C66H91F2N13O7S/c1-43(69-4)62(85)75-60(44-11-6-5-7-12-44)64(86)81-23-9-15-54(81)63-74-53(40-89-63)61(84)45-13-8-14-49(29-45)87-28-21-71-59(83)39-88-50-30-46-35-78(36-47(46)31-50)22-10-20-70-56-34-57(73-42-72-56)79-26-18-66(19-27-79)41-80(38-58(82)76-66)55-33-51(67)48(32-52(55)68)37-77-24-16-65(2,3)17-25-77/h8,13-14,29,32-34,40,42-44,46-47,50,54,60,69H,5-7,9-12,15-28,30-31,35-39,41H2,1-4H3,(H,71,83)(H,75,85)(H,76,82)(H,70,72,73)/t43-,46-,47+,50-,54-,60-/m0/s1. The van der Waals surface area contributed by atoms with Crippen LogP contribution in [0.1, 0.15) is 143 Å². The van der Waals surface area contributed by atoms with E-state index >= 15 is 8.78 Å². The molecule has 7 aliphatic rings. The van der Waals surface area contributed by atoms with E-state index in [2.05, 4.69) is 65.1 Å². The van der Waals surface area contributed by atoms with Gasteiger partial charge in [-0.1, -0.05) is 45.2 Å². The fraction of sp³-hybridized carbons (Fsp3) is 0.636. The van der Waals surface area contributed by atoms with Gasteiger partial charge in [0.25, 0.3) is 0 Å². The van der Waals surface area contributed by atoms with Crippen LogP contribution in [-0.4, -0.2) is 182 Å². The molecule has 2 saturated carbocycles. The topological polar surface area (TPSA) is 219 Å². The van der Waals surface area contributed by atoms with Gasteiger partial charge >= 0.3 is 0 Å². The molecule has 20 nitrogen and oxygen atoms in total. The number of fused-ring (bicyclic) bond motifs is 1. The predicted octanol–water partition coefficient (Wildman–Crippen LogP) is 7.10. The van der Waals surface area contributed by atoms with Crippen molar-refractivity contribution in [3.63, 3.8) is 0 Å². The van der Waals surface area contributed by atoms with Gasteiger partial charge < -0.3 is 55.7 Å². The van der Waals surface area contributed by atoms with Crippen LogP contribution in [0.4, 0.5) is 26.1 Å². The Hall–Kier alpha value is -6.40. The number of carbonyl (C=O) groups excluding carboxylic acids is 5. The number of amides is 4. The highest BCUT2D eigenvalue weighted by molar-refractivity contribution is 7.10. The Kier molecular flexibility index (Phi) is 20.8. The molecule has 1 spiro atoms. The summed E-state index contributed by atoms with van der Waals surface area (Å²) in [6.45, 7) is 14.8. The number of nitrogens with zero attached hydrogens (tertiary/aromatic N) is 8. The molecule has 2 aromatic heterocycles. The van der Waals surface area contributed by atoms with E-state index in [4.69, 9.17) is 14.5 Å². The van der Waals surface area contributed by atoms with Crippen molar-refractivity contribution in [2.75, 3.05) is 114 Å². The lowest BCUT2D eigenvalue weighted by Gasteiger charge is -2.48. The Balaban J connectivity index is 0.556. The normalized spacial score (nSPS) is 23.7. The minimum Gasteiger partial charge on any atom is -0.492 e. The van der Waals surface area contributed by atoms with Crippen LogP contribution in [0.2, 0.25) is 0 Å². The van der Waals surface area contributed by atoms with Gasteiger partial charge in [0.1, 0.15) is 65.3 Å². The van der Waals surface area contributed by atoms with Gasteiger partial charge in [-0.3, -0.25) is 28.9 Å². The summed E-state index contributed by atoms with van der Waals surface area (Å²) < 4.78 is 43.4. The van der Waals surface area contributed by atoms with E-state index in [1.807, 2.05) is 11.0 Å². The Bertz CT molecular complexity index is 3110. The van der Waals surface area contributed by atoms with Crippen LogP contribution < -0.4 is 41.1 Å². The molecule has 0 bridgehead atoms. The van der Waals surface area contributed by atoms with Crippen LogP contribution in [0.15, 0.2) is 54.2 Å². The van der Waals surface area contributed by atoms with E-state index in [0.717, 1.165) is 128 Å². The first-order chi connectivity index (χ1) is 43.0.